The maximum atomic E-state index is 12.9. The van der Waals surface area contributed by atoms with Gasteiger partial charge in [0.2, 0.25) is 11.9 Å². The highest BCUT2D eigenvalue weighted by atomic mass is 32.1. The van der Waals surface area contributed by atoms with E-state index in [0.29, 0.717) is 44.2 Å². The van der Waals surface area contributed by atoms with Crippen LogP contribution in [0.4, 0.5) is 11.8 Å². The number of rotatable bonds is 6. The standard InChI is InChI=1S/C23H30N8O3S/c1-29(19(33)14-30-4-2-3-16(32)12-30)13-17-9-18-20(35-17)22(31-5-7-34-8-6-31)28-21(27-18)15-10-25-23(24)26-11-15/h9-11,16,32H,2-8,12-14H2,1H3,(H2,24,25,26)/t16-/m1/s1. The molecular weight excluding hydrogens is 468 g/mol. The number of likely N-dealkylation sites (tertiary alicyclic amines) is 1. The lowest BCUT2D eigenvalue weighted by molar-refractivity contribution is -0.132. The fourth-order valence-corrected chi connectivity index (χ4v) is 5.59. The quantitative estimate of drug-likeness (QED) is 0.506. The van der Waals surface area contributed by atoms with Gasteiger partial charge in [-0.3, -0.25) is 9.69 Å². The predicted molar refractivity (Wildman–Crippen MR) is 134 cm³/mol. The highest BCUT2D eigenvalue weighted by Gasteiger charge is 2.23. The number of nitrogen functional groups attached to an aromatic ring is 1. The van der Waals surface area contributed by atoms with Crippen LogP contribution in [0, 0.1) is 0 Å². The number of carbonyl (C=O) groups excluding carboxylic acids is 1. The minimum Gasteiger partial charge on any atom is -0.392 e. The van der Waals surface area contributed by atoms with Gasteiger partial charge in [-0.2, -0.15) is 0 Å². The molecule has 5 heterocycles. The number of ether oxygens (including phenoxy) is 1. The number of β-amino-alcohol motifs (C(OH)–C–C–N with tert-alkyl or cyclic N) is 1. The van der Waals surface area contributed by atoms with Gasteiger partial charge < -0.3 is 25.4 Å². The van der Waals surface area contributed by atoms with Crippen LogP contribution in [0.2, 0.25) is 0 Å². The van der Waals surface area contributed by atoms with E-state index in [0.717, 1.165) is 53.4 Å². The van der Waals surface area contributed by atoms with Gasteiger partial charge in [-0.15, -0.1) is 11.3 Å². The summed E-state index contributed by atoms with van der Waals surface area (Å²) in [4.78, 5) is 37.7. The van der Waals surface area contributed by atoms with Crippen LogP contribution in [0.15, 0.2) is 18.5 Å². The topological polar surface area (TPSA) is 134 Å². The van der Waals surface area contributed by atoms with Crippen LogP contribution < -0.4 is 10.6 Å². The zero-order valence-corrected chi connectivity index (χ0v) is 20.6. The molecule has 3 aromatic rings. The number of fused-ring (bicyclic) bond motifs is 1. The Morgan fingerprint density at radius 1 is 1.26 bits per heavy atom. The van der Waals surface area contributed by atoms with Gasteiger partial charge >= 0.3 is 0 Å². The number of aliphatic hydroxyl groups excluding tert-OH is 1. The molecule has 12 heteroatoms. The Balaban J connectivity index is 1.40. The number of hydrogen-bond donors (Lipinski definition) is 2. The Hall–Kier alpha value is -2.93. The molecule has 0 radical (unpaired) electrons. The van der Waals surface area contributed by atoms with Gasteiger partial charge in [0.25, 0.3) is 0 Å². The molecule has 11 nitrogen and oxygen atoms in total. The first-order valence-electron chi connectivity index (χ1n) is 11.8. The monoisotopic (exact) mass is 498 g/mol. The highest BCUT2D eigenvalue weighted by Crippen LogP contribution is 2.34. The molecule has 5 rings (SSSR count). The summed E-state index contributed by atoms with van der Waals surface area (Å²) in [5, 5.41) is 9.90. The van der Waals surface area contributed by atoms with E-state index in [9.17, 15) is 9.90 Å². The molecule has 0 saturated carbocycles. The molecule has 3 N–H and O–H groups in total. The molecule has 0 aliphatic carbocycles. The van der Waals surface area contributed by atoms with Crippen LogP contribution in [0.25, 0.3) is 21.6 Å². The Bertz CT molecular complexity index is 1180. The number of piperidine rings is 1. The second-order valence-corrected chi connectivity index (χ2v) is 10.1. The number of nitrogens with two attached hydrogens (primary N) is 1. The number of nitrogens with zero attached hydrogens (tertiary/aromatic N) is 7. The third kappa shape index (κ3) is 5.50. The summed E-state index contributed by atoms with van der Waals surface area (Å²) < 4.78 is 6.52. The second-order valence-electron chi connectivity index (χ2n) is 9.01. The van der Waals surface area contributed by atoms with Gasteiger partial charge in [-0.05, 0) is 25.5 Å². The summed E-state index contributed by atoms with van der Waals surface area (Å²) >= 11 is 1.61. The molecule has 0 aromatic carbocycles. The fraction of sp³-hybridized carbons (Fsp3) is 0.522. The summed E-state index contributed by atoms with van der Waals surface area (Å²) in [5.74, 6) is 1.64. The first kappa shape index (κ1) is 23.8. The molecule has 1 atom stereocenters. The van der Waals surface area contributed by atoms with Gasteiger partial charge in [-0.1, -0.05) is 0 Å². The van der Waals surface area contributed by atoms with Gasteiger partial charge in [-0.25, -0.2) is 19.9 Å². The lowest BCUT2D eigenvalue weighted by Crippen LogP contribution is -2.44. The maximum absolute atomic E-state index is 12.9. The van der Waals surface area contributed by atoms with E-state index in [1.165, 1.54) is 0 Å². The van der Waals surface area contributed by atoms with Crippen LogP contribution in [-0.4, -0.2) is 99.8 Å². The SMILES string of the molecule is CN(Cc1cc2nc(-c3cnc(N)nc3)nc(N3CCOCC3)c2s1)C(=O)CN1CCC[C@@H](O)C1. The molecule has 0 unspecified atom stereocenters. The largest absolute Gasteiger partial charge is 0.392 e. The second kappa shape index (κ2) is 10.4. The smallest absolute Gasteiger partial charge is 0.236 e. The molecule has 0 spiro atoms. The van der Waals surface area contributed by atoms with E-state index in [1.807, 2.05) is 18.0 Å². The third-order valence-corrected chi connectivity index (χ3v) is 7.41. The van der Waals surface area contributed by atoms with Crippen molar-refractivity contribution in [3.63, 3.8) is 0 Å². The zero-order chi connectivity index (χ0) is 24.4. The average molecular weight is 499 g/mol. The molecular formula is C23H30N8O3S. The Kier molecular flexibility index (Phi) is 7.04. The molecule has 2 aliphatic rings. The molecule has 2 saturated heterocycles. The number of carbonyl (C=O) groups is 1. The summed E-state index contributed by atoms with van der Waals surface area (Å²) in [7, 11) is 1.82. The summed E-state index contributed by atoms with van der Waals surface area (Å²) in [5.41, 5.74) is 7.17. The first-order valence-corrected chi connectivity index (χ1v) is 12.6. The van der Waals surface area contributed by atoms with Crippen molar-refractivity contribution in [1.29, 1.82) is 0 Å². The van der Waals surface area contributed by atoms with Crippen molar-refractivity contribution in [3.05, 3.63) is 23.3 Å². The van der Waals surface area contributed by atoms with Crippen molar-refractivity contribution in [1.82, 2.24) is 29.7 Å². The minimum atomic E-state index is -0.345. The predicted octanol–water partition coefficient (Wildman–Crippen LogP) is 0.982. The van der Waals surface area contributed by atoms with Crippen LogP contribution in [0.3, 0.4) is 0 Å². The molecule has 0 bridgehead atoms. The number of morpholine rings is 1. The van der Waals surface area contributed by atoms with E-state index < -0.39 is 0 Å². The number of thiophene rings is 1. The number of amides is 1. The number of hydrogen-bond acceptors (Lipinski definition) is 11. The molecule has 2 aliphatic heterocycles. The lowest BCUT2D eigenvalue weighted by atomic mass is 10.1. The van der Waals surface area contributed by atoms with E-state index >= 15 is 0 Å². The highest BCUT2D eigenvalue weighted by molar-refractivity contribution is 7.19. The molecule has 186 valence electrons. The Labute approximate surface area is 207 Å². The Morgan fingerprint density at radius 2 is 2.03 bits per heavy atom. The van der Waals surface area contributed by atoms with E-state index in [-0.39, 0.29) is 18.0 Å². The third-order valence-electron chi connectivity index (χ3n) is 6.30. The minimum absolute atomic E-state index is 0.0377. The van der Waals surface area contributed by atoms with E-state index in [4.69, 9.17) is 20.4 Å². The van der Waals surface area contributed by atoms with Gasteiger partial charge in [0.05, 0.1) is 48.2 Å². The average Bonchev–Trinajstić information content (AvgIpc) is 3.26. The fourth-order valence-electron chi connectivity index (χ4n) is 4.42. The van der Waals surface area contributed by atoms with Crippen LogP contribution in [0.5, 0.6) is 0 Å². The van der Waals surface area contributed by atoms with Crippen molar-refractivity contribution < 1.29 is 14.6 Å². The van der Waals surface area contributed by atoms with E-state index in [1.54, 1.807) is 28.6 Å². The number of aromatic nitrogens is 4. The molecule has 35 heavy (non-hydrogen) atoms. The molecule has 1 amide bonds. The Morgan fingerprint density at radius 3 is 2.77 bits per heavy atom. The van der Waals surface area contributed by atoms with Crippen molar-refractivity contribution in [3.8, 4) is 11.4 Å². The summed E-state index contributed by atoms with van der Waals surface area (Å²) in [6, 6.07) is 2.03. The van der Waals surface area contributed by atoms with Gasteiger partial charge in [0.15, 0.2) is 11.6 Å². The summed E-state index contributed by atoms with van der Waals surface area (Å²) in [6.45, 7) is 4.99. The first-order chi connectivity index (χ1) is 17.0. The summed E-state index contributed by atoms with van der Waals surface area (Å²) in [6.07, 6.45) is 4.63. The number of anilines is 2. The lowest BCUT2D eigenvalue weighted by Gasteiger charge is -2.30. The molecule has 2 fully saturated rings. The molecule has 3 aromatic heterocycles. The van der Waals surface area contributed by atoms with Crippen molar-refractivity contribution in [2.45, 2.75) is 25.5 Å². The zero-order valence-electron chi connectivity index (χ0n) is 19.8. The van der Waals surface area contributed by atoms with Crippen LogP contribution >= 0.6 is 11.3 Å². The van der Waals surface area contributed by atoms with Gasteiger partial charge in [0.1, 0.15) is 0 Å². The normalized spacial score (nSPS) is 19.3. The van der Waals surface area contributed by atoms with Crippen LogP contribution in [-0.2, 0) is 16.1 Å². The van der Waals surface area contributed by atoms with Crippen molar-refractivity contribution in [2.75, 3.05) is 63.6 Å². The number of aliphatic hydroxyl groups is 1. The van der Waals surface area contributed by atoms with Gasteiger partial charge in [0, 0.05) is 44.0 Å². The van der Waals surface area contributed by atoms with Crippen LogP contribution in [0.1, 0.15) is 17.7 Å². The maximum Gasteiger partial charge on any atom is 0.236 e. The van der Waals surface area contributed by atoms with Crippen molar-refractivity contribution in [2.24, 2.45) is 0 Å². The van der Waals surface area contributed by atoms with Crippen molar-refractivity contribution >= 4 is 39.2 Å². The number of likely N-dealkylation sites (N-methyl/N-ethyl adjacent to an activating group) is 1. The van der Waals surface area contributed by atoms with E-state index in [2.05, 4.69) is 14.9 Å².